The zero-order valence-corrected chi connectivity index (χ0v) is 19.0. The number of hydrogen-bond acceptors (Lipinski definition) is 5. The number of benzene rings is 2. The van der Waals surface area contributed by atoms with Crippen molar-refractivity contribution in [1.82, 2.24) is 14.8 Å². The molecule has 1 heterocycles. The molecule has 0 bridgehead atoms. The maximum Gasteiger partial charge on any atom is 0.234 e. The van der Waals surface area contributed by atoms with Gasteiger partial charge in [-0.2, -0.15) is 0 Å². The van der Waals surface area contributed by atoms with Crippen molar-refractivity contribution in [2.45, 2.75) is 37.9 Å². The molecule has 3 aromatic rings. The van der Waals surface area contributed by atoms with Crippen molar-refractivity contribution in [3.8, 4) is 5.75 Å². The number of para-hydroxylation sites is 2. The Kier molecular flexibility index (Phi) is 7.39. The van der Waals surface area contributed by atoms with Crippen molar-refractivity contribution in [2.75, 3.05) is 11.1 Å². The Hall–Kier alpha value is -2.51. The SMILES string of the molecule is CC(C)c1ccccc1NC(=O)CSc1nnc([C@@H](C)Oc2ccccc2Cl)n1C. The van der Waals surface area contributed by atoms with Gasteiger partial charge in [0.1, 0.15) is 5.75 Å². The molecule has 1 aromatic heterocycles. The molecule has 6 nitrogen and oxygen atoms in total. The highest BCUT2D eigenvalue weighted by atomic mass is 35.5. The van der Waals surface area contributed by atoms with Gasteiger partial charge in [-0.05, 0) is 36.6 Å². The molecule has 0 aliphatic rings. The fourth-order valence-corrected chi connectivity index (χ4v) is 3.92. The van der Waals surface area contributed by atoms with Crippen LogP contribution in [0.1, 0.15) is 44.2 Å². The van der Waals surface area contributed by atoms with E-state index in [1.54, 1.807) is 6.07 Å². The van der Waals surface area contributed by atoms with E-state index >= 15 is 0 Å². The zero-order valence-electron chi connectivity index (χ0n) is 17.4. The van der Waals surface area contributed by atoms with Crippen LogP contribution in [0.3, 0.4) is 0 Å². The molecule has 1 N–H and O–H groups in total. The number of nitrogens with zero attached hydrogens (tertiary/aromatic N) is 3. The van der Waals surface area contributed by atoms with E-state index in [-0.39, 0.29) is 17.8 Å². The third kappa shape index (κ3) is 5.34. The number of halogens is 1. The summed E-state index contributed by atoms with van der Waals surface area (Å²) in [7, 11) is 1.86. The molecule has 1 atom stereocenters. The van der Waals surface area contributed by atoms with Crippen molar-refractivity contribution < 1.29 is 9.53 Å². The number of anilines is 1. The van der Waals surface area contributed by atoms with Crippen LogP contribution < -0.4 is 10.1 Å². The van der Waals surface area contributed by atoms with E-state index in [0.717, 1.165) is 11.3 Å². The molecule has 0 unspecified atom stereocenters. The van der Waals surface area contributed by atoms with Crippen LogP contribution in [-0.4, -0.2) is 26.4 Å². The summed E-state index contributed by atoms with van der Waals surface area (Å²) in [4.78, 5) is 12.5. The molecule has 0 fully saturated rings. The van der Waals surface area contributed by atoms with Crippen LogP contribution in [0, 0.1) is 0 Å². The van der Waals surface area contributed by atoms with Crippen molar-refractivity contribution >= 4 is 35.0 Å². The third-order valence-corrected chi connectivity index (χ3v) is 5.89. The number of thioether (sulfide) groups is 1. The van der Waals surface area contributed by atoms with Gasteiger partial charge in [-0.15, -0.1) is 10.2 Å². The second-order valence-corrected chi connectivity index (χ2v) is 8.52. The number of carbonyl (C=O) groups excluding carboxylic acids is 1. The van der Waals surface area contributed by atoms with Gasteiger partial charge < -0.3 is 14.6 Å². The average molecular weight is 445 g/mol. The van der Waals surface area contributed by atoms with Gasteiger partial charge in [0.05, 0.1) is 10.8 Å². The summed E-state index contributed by atoms with van der Waals surface area (Å²) in [5.74, 6) is 1.72. The smallest absolute Gasteiger partial charge is 0.234 e. The van der Waals surface area contributed by atoms with Crippen LogP contribution >= 0.6 is 23.4 Å². The molecule has 8 heteroatoms. The lowest BCUT2D eigenvalue weighted by Crippen LogP contribution is -2.16. The van der Waals surface area contributed by atoms with E-state index in [9.17, 15) is 4.79 Å². The Morgan fingerprint density at radius 2 is 1.83 bits per heavy atom. The molecule has 0 saturated carbocycles. The van der Waals surface area contributed by atoms with Crippen LogP contribution in [0.25, 0.3) is 0 Å². The van der Waals surface area contributed by atoms with Gasteiger partial charge in [0.25, 0.3) is 0 Å². The lowest BCUT2D eigenvalue weighted by atomic mass is 10.0. The normalized spacial score (nSPS) is 12.1. The van der Waals surface area contributed by atoms with Crippen LogP contribution in [0.4, 0.5) is 5.69 Å². The summed E-state index contributed by atoms with van der Waals surface area (Å²) in [5.41, 5.74) is 1.96. The summed E-state index contributed by atoms with van der Waals surface area (Å²) in [6, 6.07) is 15.1. The topological polar surface area (TPSA) is 69.0 Å². The standard InChI is InChI=1S/C22H25ClN4O2S/c1-14(2)16-9-5-7-11-18(16)24-20(28)13-30-22-26-25-21(27(22)4)15(3)29-19-12-8-6-10-17(19)23/h5-12,14-15H,13H2,1-4H3,(H,24,28)/t15-/m1/s1. The van der Waals surface area contributed by atoms with Crippen LogP contribution in [0.15, 0.2) is 53.7 Å². The molecule has 0 aliphatic heterocycles. The molecule has 1 amide bonds. The number of rotatable bonds is 8. The van der Waals surface area contributed by atoms with E-state index < -0.39 is 0 Å². The highest BCUT2D eigenvalue weighted by Gasteiger charge is 2.19. The fraction of sp³-hybridized carbons (Fsp3) is 0.318. The maximum absolute atomic E-state index is 12.5. The maximum atomic E-state index is 12.5. The fourth-order valence-electron chi connectivity index (χ4n) is 3.02. The highest BCUT2D eigenvalue weighted by Crippen LogP contribution is 2.29. The summed E-state index contributed by atoms with van der Waals surface area (Å²) >= 11 is 7.50. The second kappa shape index (κ2) is 10.00. The van der Waals surface area contributed by atoms with Crippen molar-refractivity contribution in [3.63, 3.8) is 0 Å². The molecule has 30 heavy (non-hydrogen) atoms. The average Bonchev–Trinajstić information content (AvgIpc) is 3.09. The lowest BCUT2D eigenvalue weighted by Gasteiger charge is -2.15. The molecule has 2 aromatic carbocycles. The van der Waals surface area contributed by atoms with Crippen LogP contribution in [0.2, 0.25) is 5.02 Å². The zero-order chi connectivity index (χ0) is 21.7. The van der Waals surface area contributed by atoms with Gasteiger partial charge in [-0.25, -0.2) is 0 Å². The minimum absolute atomic E-state index is 0.0852. The molecule has 0 spiro atoms. The van der Waals surface area contributed by atoms with Crippen molar-refractivity contribution in [1.29, 1.82) is 0 Å². The van der Waals surface area contributed by atoms with E-state index in [0.29, 0.717) is 27.7 Å². The largest absolute Gasteiger partial charge is 0.481 e. The van der Waals surface area contributed by atoms with Crippen molar-refractivity contribution in [3.05, 3.63) is 64.9 Å². The van der Waals surface area contributed by atoms with Gasteiger partial charge >= 0.3 is 0 Å². The molecule has 3 rings (SSSR count). The number of ether oxygens (including phenoxy) is 1. The first-order chi connectivity index (χ1) is 14.4. The van der Waals surface area contributed by atoms with E-state index in [2.05, 4.69) is 29.4 Å². The highest BCUT2D eigenvalue weighted by molar-refractivity contribution is 7.99. The number of nitrogens with one attached hydrogen (secondary N) is 1. The van der Waals surface area contributed by atoms with Gasteiger partial charge in [-0.3, -0.25) is 4.79 Å². The molecular formula is C22H25ClN4O2S. The summed E-state index contributed by atoms with van der Waals surface area (Å²) < 4.78 is 7.76. The Morgan fingerprint density at radius 3 is 2.57 bits per heavy atom. The van der Waals surface area contributed by atoms with E-state index in [1.807, 2.05) is 61.0 Å². The van der Waals surface area contributed by atoms with Crippen LogP contribution in [-0.2, 0) is 11.8 Å². The quantitative estimate of drug-likeness (QED) is 0.467. The van der Waals surface area contributed by atoms with E-state index in [1.165, 1.54) is 11.8 Å². The Labute approximate surface area is 186 Å². The molecule has 0 aliphatic carbocycles. The minimum atomic E-state index is -0.344. The monoisotopic (exact) mass is 444 g/mol. The first-order valence-electron chi connectivity index (χ1n) is 9.69. The summed E-state index contributed by atoms with van der Waals surface area (Å²) in [6.45, 7) is 6.09. The van der Waals surface area contributed by atoms with Crippen molar-refractivity contribution in [2.24, 2.45) is 7.05 Å². The van der Waals surface area contributed by atoms with Crippen LogP contribution in [0.5, 0.6) is 5.75 Å². The molecule has 158 valence electrons. The lowest BCUT2D eigenvalue weighted by molar-refractivity contribution is -0.113. The predicted molar refractivity (Wildman–Crippen MR) is 121 cm³/mol. The number of carbonyl (C=O) groups is 1. The van der Waals surface area contributed by atoms with Gasteiger partial charge in [0.2, 0.25) is 5.91 Å². The van der Waals surface area contributed by atoms with E-state index in [4.69, 9.17) is 16.3 Å². The van der Waals surface area contributed by atoms with Gasteiger partial charge in [-0.1, -0.05) is 67.5 Å². The molecular weight excluding hydrogens is 420 g/mol. The summed E-state index contributed by atoms with van der Waals surface area (Å²) in [6.07, 6.45) is -0.344. The Bertz CT molecular complexity index is 1020. The van der Waals surface area contributed by atoms with Gasteiger partial charge in [0.15, 0.2) is 17.1 Å². The Morgan fingerprint density at radius 1 is 1.13 bits per heavy atom. The number of aromatic nitrogens is 3. The number of amides is 1. The predicted octanol–water partition coefficient (Wildman–Crippen LogP) is 5.46. The van der Waals surface area contributed by atoms with Gasteiger partial charge in [0, 0.05) is 12.7 Å². The summed E-state index contributed by atoms with van der Waals surface area (Å²) in [5, 5.41) is 12.6. The second-order valence-electron chi connectivity index (χ2n) is 7.17. The molecule has 0 radical (unpaired) electrons. The number of hydrogen-bond donors (Lipinski definition) is 1. The Balaban J connectivity index is 1.61. The minimum Gasteiger partial charge on any atom is -0.481 e. The molecule has 0 saturated heterocycles. The third-order valence-electron chi connectivity index (χ3n) is 4.56. The first kappa shape index (κ1) is 22.2. The first-order valence-corrected chi connectivity index (χ1v) is 11.0.